The summed E-state index contributed by atoms with van der Waals surface area (Å²) in [7, 11) is 1.78. The van der Waals surface area contributed by atoms with E-state index in [1.54, 1.807) is 7.05 Å². The van der Waals surface area contributed by atoms with Gasteiger partial charge in [0.05, 0.1) is 6.34 Å². The number of hydrogen-bond acceptors (Lipinski definition) is 1. The lowest BCUT2D eigenvalue weighted by molar-refractivity contribution is 0.399. The van der Waals surface area contributed by atoms with Crippen molar-refractivity contribution in [2.24, 2.45) is 4.99 Å². The predicted octanol–water partition coefficient (Wildman–Crippen LogP) is 3.50. The first-order valence-electron chi connectivity index (χ1n) is 5.54. The Kier molecular flexibility index (Phi) is 9.16. The van der Waals surface area contributed by atoms with Gasteiger partial charge in [-0.2, -0.15) is 0 Å². The second-order valence-corrected chi connectivity index (χ2v) is 4.23. The largest absolute Gasteiger partial charge is 0.347 e. The predicted molar refractivity (Wildman–Crippen MR) is 65.2 cm³/mol. The Morgan fingerprint density at radius 2 is 1.93 bits per heavy atom. The van der Waals surface area contributed by atoms with Crippen LogP contribution in [0, 0.1) is 0 Å². The van der Waals surface area contributed by atoms with Crippen LogP contribution in [0.3, 0.4) is 0 Å². The van der Waals surface area contributed by atoms with E-state index in [2.05, 4.69) is 16.8 Å². The Balaban J connectivity index is 3.51. The van der Waals surface area contributed by atoms with E-state index in [1.807, 2.05) is 13.3 Å². The van der Waals surface area contributed by atoms with Crippen LogP contribution in [0.25, 0.3) is 0 Å². The van der Waals surface area contributed by atoms with Gasteiger partial charge in [-0.1, -0.05) is 44.2 Å². The van der Waals surface area contributed by atoms with Crippen molar-refractivity contribution in [3.8, 4) is 0 Å². The molecule has 1 unspecified atom stereocenters. The number of hydrogen-bond donors (Lipinski definition) is 0. The molecule has 0 bridgehead atoms. The van der Waals surface area contributed by atoms with E-state index in [-0.39, 0.29) is 5.50 Å². The summed E-state index contributed by atoms with van der Waals surface area (Å²) in [6, 6.07) is 0. The monoisotopic (exact) mass is 218 g/mol. The summed E-state index contributed by atoms with van der Waals surface area (Å²) < 4.78 is 0. The molecule has 0 amide bonds. The van der Waals surface area contributed by atoms with Gasteiger partial charge in [-0.25, -0.2) is 0 Å². The molecule has 0 fully saturated rings. The average Bonchev–Trinajstić information content (AvgIpc) is 2.15. The zero-order valence-corrected chi connectivity index (χ0v) is 10.4. The Morgan fingerprint density at radius 1 is 1.29 bits per heavy atom. The van der Waals surface area contributed by atoms with Crippen molar-refractivity contribution < 1.29 is 0 Å². The van der Waals surface area contributed by atoms with Gasteiger partial charge in [-0.15, -0.1) is 0 Å². The van der Waals surface area contributed by atoms with Gasteiger partial charge < -0.3 is 4.90 Å². The molecule has 3 heteroatoms. The highest BCUT2D eigenvalue weighted by Crippen LogP contribution is 2.07. The fourth-order valence-corrected chi connectivity index (χ4v) is 1.52. The van der Waals surface area contributed by atoms with Crippen LogP contribution in [0.15, 0.2) is 4.99 Å². The van der Waals surface area contributed by atoms with Gasteiger partial charge in [0.25, 0.3) is 0 Å². The molecule has 0 spiro atoms. The minimum absolute atomic E-state index is 0.0462. The van der Waals surface area contributed by atoms with E-state index in [1.165, 1.54) is 32.1 Å². The van der Waals surface area contributed by atoms with Crippen LogP contribution in [0.5, 0.6) is 0 Å². The summed E-state index contributed by atoms with van der Waals surface area (Å²) in [6.07, 6.45) is 8.32. The fourth-order valence-electron chi connectivity index (χ4n) is 1.37. The first-order valence-corrected chi connectivity index (χ1v) is 5.98. The van der Waals surface area contributed by atoms with E-state index < -0.39 is 0 Å². The molecule has 0 aromatic heterocycles. The van der Waals surface area contributed by atoms with Crippen LogP contribution in [0.4, 0.5) is 0 Å². The molecule has 1 atom stereocenters. The van der Waals surface area contributed by atoms with Crippen molar-refractivity contribution in [1.29, 1.82) is 0 Å². The molecule has 0 aromatic rings. The maximum Gasteiger partial charge on any atom is 0.102 e. The second-order valence-electron chi connectivity index (χ2n) is 3.60. The summed E-state index contributed by atoms with van der Waals surface area (Å²) in [4.78, 5) is 6.07. The smallest absolute Gasteiger partial charge is 0.102 e. The van der Waals surface area contributed by atoms with Crippen molar-refractivity contribution in [3.63, 3.8) is 0 Å². The number of unbranched alkanes of at least 4 members (excludes halogenated alkanes) is 4. The van der Waals surface area contributed by atoms with Crippen molar-refractivity contribution in [3.05, 3.63) is 0 Å². The van der Waals surface area contributed by atoms with E-state index in [4.69, 9.17) is 11.6 Å². The molecule has 0 N–H and O–H groups in total. The van der Waals surface area contributed by atoms with Crippen molar-refractivity contribution in [2.75, 3.05) is 13.6 Å². The third-order valence-corrected chi connectivity index (χ3v) is 2.49. The van der Waals surface area contributed by atoms with Crippen LogP contribution in [0.2, 0.25) is 0 Å². The van der Waals surface area contributed by atoms with Crippen LogP contribution in [0.1, 0.15) is 46.0 Å². The van der Waals surface area contributed by atoms with Gasteiger partial charge in [-0.3, -0.25) is 4.99 Å². The third kappa shape index (κ3) is 7.19. The van der Waals surface area contributed by atoms with Gasteiger partial charge in [0.2, 0.25) is 0 Å². The Bertz CT molecular complexity index is 146. The molecule has 0 aromatic carbocycles. The zero-order chi connectivity index (χ0) is 10.8. The Hall–Kier alpha value is -0.240. The summed E-state index contributed by atoms with van der Waals surface area (Å²) in [5.41, 5.74) is 0.0462. The molecule has 84 valence electrons. The molecule has 0 saturated carbocycles. The average molecular weight is 219 g/mol. The lowest BCUT2D eigenvalue weighted by Gasteiger charge is -2.21. The zero-order valence-electron chi connectivity index (χ0n) is 9.67. The van der Waals surface area contributed by atoms with Gasteiger partial charge >= 0.3 is 0 Å². The van der Waals surface area contributed by atoms with Crippen LogP contribution in [-0.2, 0) is 0 Å². The van der Waals surface area contributed by atoms with E-state index in [0.717, 1.165) is 6.54 Å². The van der Waals surface area contributed by atoms with Crippen molar-refractivity contribution in [1.82, 2.24) is 4.90 Å². The third-order valence-electron chi connectivity index (χ3n) is 2.24. The molecule has 2 nitrogen and oxygen atoms in total. The molecular formula is C11H23ClN2. The van der Waals surface area contributed by atoms with Gasteiger partial charge in [0, 0.05) is 13.6 Å². The molecule has 14 heavy (non-hydrogen) atoms. The lowest BCUT2D eigenvalue weighted by Crippen LogP contribution is -2.28. The van der Waals surface area contributed by atoms with Crippen LogP contribution >= 0.6 is 11.6 Å². The first-order chi connectivity index (χ1) is 6.72. The molecule has 0 radical (unpaired) electrons. The van der Waals surface area contributed by atoms with Crippen LogP contribution in [-0.4, -0.2) is 30.3 Å². The lowest BCUT2D eigenvalue weighted by atomic mass is 10.1. The summed E-state index contributed by atoms with van der Waals surface area (Å²) in [5, 5.41) is 0. The SMILES string of the molecule is CCCCCCCN(C=NC)C(C)Cl. The molecule has 0 saturated heterocycles. The number of nitrogens with zero attached hydrogens (tertiary/aromatic N) is 2. The van der Waals surface area contributed by atoms with Gasteiger partial charge in [0.1, 0.15) is 5.50 Å². The Labute approximate surface area is 93.3 Å². The molecule has 0 heterocycles. The molecular weight excluding hydrogens is 196 g/mol. The highest BCUT2D eigenvalue weighted by molar-refractivity contribution is 6.20. The number of aliphatic imine (C=N–C) groups is 1. The number of rotatable bonds is 8. The molecule has 0 aliphatic rings. The normalized spacial score (nSPS) is 13.4. The van der Waals surface area contributed by atoms with E-state index >= 15 is 0 Å². The minimum atomic E-state index is 0.0462. The summed E-state index contributed by atoms with van der Waals surface area (Å²) >= 11 is 6.00. The Morgan fingerprint density at radius 3 is 2.43 bits per heavy atom. The minimum Gasteiger partial charge on any atom is -0.347 e. The molecule has 0 aliphatic carbocycles. The first kappa shape index (κ1) is 13.8. The molecule has 0 rings (SSSR count). The maximum absolute atomic E-state index is 6.00. The quantitative estimate of drug-likeness (QED) is 0.200. The van der Waals surface area contributed by atoms with Crippen LogP contribution < -0.4 is 0 Å². The standard InChI is InChI=1S/C11H23ClN2/c1-4-5-6-7-8-9-14(10-13-3)11(2)12/h10-11H,4-9H2,1-3H3. The summed E-state index contributed by atoms with van der Waals surface area (Å²) in [5.74, 6) is 0. The highest BCUT2D eigenvalue weighted by Gasteiger charge is 2.05. The second kappa shape index (κ2) is 9.32. The van der Waals surface area contributed by atoms with E-state index in [0.29, 0.717) is 0 Å². The topological polar surface area (TPSA) is 15.6 Å². The maximum atomic E-state index is 6.00. The number of halogens is 1. The van der Waals surface area contributed by atoms with E-state index in [9.17, 15) is 0 Å². The fraction of sp³-hybridized carbons (Fsp3) is 0.909. The number of alkyl halides is 1. The summed E-state index contributed by atoms with van der Waals surface area (Å²) in [6.45, 7) is 5.23. The van der Waals surface area contributed by atoms with Crippen molar-refractivity contribution in [2.45, 2.75) is 51.5 Å². The van der Waals surface area contributed by atoms with Gasteiger partial charge in [0.15, 0.2) is 0 Å². The molecule has 0 aliphatic heterocycles. The highest BCUT2D eigenvalue weighted by atomic mass is 35.5. The van der Waals surface area contributed by atoms with Crippen molar-refractivity contribution >= 4 is 17.9 Å². The van der Waals surface area contributed by atoms with Gasteiger partial charge in [-0.05, 0) is 13.3 Å².